The highest BCUT2D eigenvalue weighted by atomic mass is 16.5. The fourth-order valence-corrected chi connectivity index (χ4v) is 2.73. The van der Waals surface area contributed by atoms with Gasteiger partial charge in [-0.2, -0.15) is 0 Å². The predicted molar refractivity (Wildman–Crippen MR) is 104 cm³/mol. The Hall–Kier alpha value is -3.55. The molecule has 0 saturated carbocycles. The third-order valence-electron chi connectivity index (χ3n) is 3.92. The molecule has 1 N–H and O–H groups in total. The van der Waals surface area contributed by atoms with Crippen LogP contribution in [0, 0.1) is 0 Å². The molecule has 3 rings (SSSR count). The van der Waals surface area contributed by atoms with Crippen LogP contribution in [0.4, 0.5) is 4.79 Å². The van der Waals surface area contributed by atoms with Crippen molar-refractivity contribution in [1.29, 1.82) is 0 Å². The molecule has 0 atom stereocenters. The second-order valence-corrected chi connectivity index (χ2v) is 7.42. The first-order valence-corrected chi connectivity index (χ1v) is 8.97. The Morgan fingerprint density at radius 3 is 2.66 bits per heavy atom. The van der Waals surface area contributed by atoms with Gasteiger partial charge in [0.05, 0.1) is 13.7 Å². The van der Waals surface area contributed by atoms with Crippen molar-refractivity contribution in [3.63, 3.8) is 0 Å². The third kappa shape index (κ3) is 4.84. The summed E-state index contributed by atoms with van der Waals surface area (Å²) < 4.78 is 15.7. The molecule has 1 saturated heterocycles. The standard InChI is InChI=1S/C21H22N2O6/c1-21(2,3)29-14-7-5-6-13(10-14)11-16-18(24)23(20(26)22-16)12-15-8-9-17(28-15)19(25)27-4/h5-11H,12H2,1-4H3,(H,22,26). The van der Waals surface area contributed by atoms with Crippen LogP contribution in [0.15, 0.2) is 46.5 Å². The van der Waals surface area contributed by atoms with Crippen LogP contribution in [0.25, 0.3) is 6.08 Å². The van der Waals surface area contributed by atoms with E-state index in [1.807, 2.05) is 32.9 Å². The van der Waals surface area contributed by atoms with Crippen LogP contribution < -0.4 is 10.1 Å². The zero-order valence-electron chi connectivity index (χ0n) is 16.6. The molecule has 3 amide bonds. The number of esters is 1. The molecule has 1 fully saturated rings. The Labute approximate surface area is 168 Å². The van der Waals surface area contributed by atoms with Crippen LogP contribution >= 0.6 is 0 Å². The number of carbonyl (C=O) groups excluding carboxylic acids is 3. The molecule has 1 aromatic heterocycles. The Balaban J connectivity index is 1.76. The highest BCUT2D eigenvalue weighted by Crippen LogP contribution is 2.22. The zero-order valence-corrected chi connectivity index (χ0v) is 16.6. The SMILES string of the molecule is COC(=O)c1ccc(CN2C(=O)NC(=Cc3cccc(OC(C)(C)C)c3)C2=O)o1. The summed E-state index contributed by atoms with van der Waals surface area (Å²) in [6, 6.07) is 9.60. The van der Waals surface area contributed by atoms with Gasteiger partial charge in [-0.1, -0.05) is 12.1 Å². The normalized spacial score (nSPS) is 15.6. The predicted octanol–water partition coefficient (Wildman–Crippen LogP) is 3.34. The summed E-state index contributed by atoms with van der Waals surface area (Å²) in [4.78, 5) is 37.3. The minimum absolute atomic E-state index is 0.000910. The average molecular weight is 398 g/mol. The molecule has 8 heteroatoms. The molecule has 2 heterocycles. The van der Waals surface area contributed by atoms with E-state index in [-0.39, 0.29) is 29.4 Å². The Bertz CT molecular complexity index is 983. The molecule has 0 spiro atoms. The zero-order chi connectivity index (χ0) is 21.2. The molecule has 1 aliphatic rings. The smallest absolute Gasteiger partial charge is 0.373 e. The maximum Gasteiger partial charge on any atom is 0.373 e. The number of hydrogen-bond donors (Lipinski definition) is 1. The van der Waals surface area contributed by atoms with Crippen molar-refractivity contribution < 1.29 is 28.3 Å². The Morgan fingerprint density at radius 2 is 1.97 bits per heavy atom. The minimum atomic E-state index is -0.633. The van der Waals surface area contributed by atoms with Crippen LogP contribution in [-0.2, 0) is 16.1 Å². The summed E-state index contributed by atoms with van der Waals surface area (Å²) in [7, 11) is 1.24. The number of nitrogens with zero attached hydrogens (tertiary/aromatic N) is 1. The molecule has 152 valence electrons. The van der Waals surface area contributed by atoms with Crippen LogP contribution in [0.5, 0.6) is 5.75 Å². The number of benzene rings is 1. The Kier molecular flexibility index (Phi) is 5.45. The second kappa shape index (κ2) is 7.83. The van der Waals surface area contributed by atoms with Crippen molar-refractivity contribution in [3.8, 4) is 5.75 Å². The van der Waals surface area contributed by atoms with Gasteiger partial charge in [0.25, 0.3) is 5.91 Å². The fourth-order valence-electron chi connectivity index (χ4n) is 2.73. The van der Waals surface area contributed by atoms with Crippen LogP contribution in [0.3, 0.4) is 0 Å². The van der Waals surface area contributed by atoms with Gasteiger partial charge in [-0.15, -0.1) is 0 Å². The van der Waals surface area contributed by atoms with Gasteiger partial charge in [0.1, 0.15) is 22.8 Å². The summed E-state index contributed by atoms with van der Waals surface area (Å²) in [6.45, 7) is 5.72. The molecular formula is C21H22N2O6. The van der Waals surface area contributed by atoms with Crippen LogP contribution in [0.2, 0.25) is 0 Å². The molecule has 29 heavy (non-hydrogen) atoms. The molecule has 8 nitrogen and oxygen atoms in total. The highest BCUT2D eigenvalue weighted by Gasteiger charge is 2.34. The molecule has 0 aliphatic carbocycles. The maximum absolute atomic E-state index is 12.6. The number of hydrogen-bond acceptors (Lipinski definition) is 6. The lowest BCUT2D eigenvalue weighted by Crippen LogP contribution is -2.30. The Morgan fingerprint density at radius 1 is 1.21 bits per heavy atom. The average Bonchev–Trinajstić information content (AvgIpc) is 3.21. The molecule has 1 aromatic carbocycles. The van der Waals surface area contributed by atoms with E-state index in [0.29, 0.717) is 11.3 Å². The summed E-state index contributed by atoms with van der Waals surface area (Å²) in [5, 5.41) is 2.56. The van der Waals surface area contributed by atoms with Gasteiger partial charge in [-0.25, -0.2) is 9.59 Å². The highest BCUT2D eigenvalue weighted by molar-refractivity contribution is 6.13. The summed E-state index contributed by atoms with van der Waals surface area (Å²) in [5.74, 6) is -0.178. The van der Waals surface area contributed by atoms with E-state index in [9.17, 15) is 14.4 Å². The van der Waals surface area contributed by atoms with Gasteiger partial charge < -0.3 is 19.2 Å². The van der Waals surface area contributed by atoms with Gasteiger partial charge in [-0.3, -0.25) is 9.69 Å². The van der Waals surface area contributed by atoms with E-state index < -0.39 is 17.9 Å². The first-order valence-electron chi connectivity index (χ1n) is 8.97. The van der Waals surface area contributed by atoms with Crippen molar-refractivity contribution in [2.45, 2.75) is 32.9 Å². The monoisotopic (exact) mass is 398 g/mol. The number of methoxy groups -OCH3 is 1. The van der Waals surface area contributed by atoms with E-state index >= 15 is 0 Å². The molecular weight excluding hydrogens is 376 g/mol. The molecule has 1 aliphatic heterocycles. The lowest BCUT2D eigenvalue weighted by molar-refractivity contribution is -0.123. The number of rotatable bonds is 5. The van der Waals surface area contributed by atoms with Crippen molar-refractivity contribution in [2.75, 3.05) is 7.11 Å². The van der Waals surface area contributed by atoms with Crippen molar-refractivity contribution in [2.24, 2.45) is 0 Å². The largest absolute Gasteiger partial charge is 0.488 e. The lowest BCUT2D eigenvalue weighted by Gasteiger charge is -2.21. The first kappa shape index (κ1) is 20.2. The van der Waals surface area contributed by atoms with Crippen LogP contribution in [0.1, 0.15) is 42.6 Å². The number of furan rings is 1. The lowest BCUT2D eigenvalue weighted by atomic mass is 10.1. The van der Waals surface area contributed by atoms with Crippen molar-refractivity contribution >= 4 is 24.0 Å². The van der Waals surface area contributed by atoms with Gasteiger partial charge in [0.15, 0.2) is 0 Å². The van der Waals surface area contributed by atoms with Gasteiger partial charge >= 0.3 is 12.0 Å². The van der Waals surface area contributed by atoms with Crippen molar-refractivity contribution in [1.82, 2.24) is 10.2 Å². The van der Waals surface area contributed by atoms with Crippen LogP contribution in [-0.4, -0.2) is 35.5 Å². The molecule has 0 radical (unpaired) electrons. The number of imide groups is 1. The summed E-state index contributed by atoms with van der Waals surface area (Å²) in [6.07, 6.45) is 1.58. The van der Waals surface area contributed by atoms with Gasteiger partial charge in [0, 0.05) is 0 Å². The number of urea groups is 1. The number of nitrogens with one attached hydrogen (secondary N) is 1. The van der Waals surface area contributed by atoms with E-state index in [4.69, 9.17) is 9.15 Å². The summed E-state index contributed by atoms with van der Waals surface area (Å²) >= 11 is 0. The minimum Gasteiger partial charge on any atom is -0.488 e. The van der Waals surface area contributed by atoms with E-state index in [0.717, 1.165) is 4.90 Å². The number of carbonyl (C=O) groups is 3. The molecule has 0 unspecified atom stereocenters. The fraction of sp³-hybridized carbons (Fsp3) is 0.286. The van der Waals surface area contributed by atoms with Crippen molar-refractivity contribution in [3.05, 3.63) is 59.2 Å². The first-order chi connectivity index (χ1) is 13.7. The number of ether oxygens (including phenoxy) is 2. The van der Waals surface area contributed by atoms with E-state index in [1.165, 1.54) is 19.2 Å². The summed E-state index contributed by atoms with van der Waals surface area (Å²) in [5.41, 5.74) is 0.498. The number of amides is 3. The van der Waals surface area contributed by atoms with E-state index in [1.54, 1.807) is 18.2 Å². The molecule has 2 aromatic rings. The maximum atomic E-state index is 12.6. The van der Waals surface area contributed by atoms with E-state index in [2.05, 4.69) is 10.1 Å². The van der Waals surface area contributed by atoms with Gasteiger partial charge in [0.2, 0.25) is 5.76 Å². The third-order valence-corrected chi connectivity index (χ3v) is 3.92. The second-order valence-electron chi connectivity index (χ2n) is 7.42. The molecule has 0 bridgehead atoms. The topological polar surface area (TPSA) is 98.1 Å². The quantitative estimate of drug-likeness (QED) is 0.471. The van der Waals surface area contributed by atoms with Gasteiger partial charge in [-0.05, 0) is 56.7 Å².